The van der Waals surface area contributed by atoms with E-state index in [-0.39, 0.29) is 32.1 Å². The van der Waals surface area contributed by atoms with E-state index in [0.717, 1.165) is 27.4 Å². The number of para-hydroxylation sites is 2. The van der Waals surface area contributed by atoms with Crippen LogP contribution >= 0.6 is 0 Å². The maximum absolute atomic E-state index is 14.6. The van der Waals surface area contributed by atoms with Gasteiger partial charge in [-0.05, 0) is 80.4 Å². The van der Waals surface area contributed by atoms with Crippen molar-refractivity contribution in [3.63, 3.8) is 0 Å². The van der Waals surface area contributed by atoms with Crippen LogP contribution in [0.2, 0.25) is 0 Å². The summed E-state index contributed by atoms with van der Waals surface area (Å²) in [6.07, 6.45) is 5.68. The third kappa shape index (κ3) is 12.3. The van der Waals surface area contributed by atoms with E-state index in [2.05, 4.69) is 41.9 Å². The Bertz CT molecular complexity index is 2350. The highest BCUT2D eigenvalue weighted by molar-refractivity contribution is 5.99. The summed E-state index contributed by atoms with van der Waals surface area (Å²) in [4.78, 5) is 92.2. The van der Waals surface area contributed by atoms with Gasteiger partial charge in [-0.15, -0.1) is 0 Å². The van der Waals surface area contributed by atoms with Crippen LogP contribution in [0.25, 0.3) is 21.8 Å². The number of fused-ring (bicyclic) bond motifs is 2. The van der Waals surface area contributed by atoms with Crippen molar-refractivity contribution in [2.75, 3.05) is 19.7 Å². The summed E-state index contributed by atoms with van der Waals surface area (Å²) in [5.41, 5.74) is 15.3. The van der Waals surface area contributed by atoms with Crippen molar-refractivity contribution in [2.45, 2.75) is 94.0 Å². The van der Waals surface area contributed by atoms with Crippen molar-refractivity contribution in [1.82, 2.24) is 41.9 Å². The molecular weight excluding hydrogens is 805 g/mol. The summed E-state index contributed by atoms with van der Waals surface area (Å²) in [5, 5.41) is 28.7. The topological polar surface area (TPSA) is 278 Å². The quantitative estimate of drug-likeness (QED) is 0.0665. The van der Waals surface area contributed by atoms with Crippen LogP contribution in [0.15, 0.2) is 91.3 Å². The van der Waals surface area contributed by atoms with Crippen LogP contribution < -0.4 is 43.4 Å². The predicted octanol–water partition coefficient (Wildman–Crippen LogP) is 0.850. The second kappa shape index (κ2) is 22.5. The van der Waals surface area contributed by atoms with Gasteiger partial charge in [0, 0.05) is 53.5 Å². The van der Waals surface area contributed by atoms with Crippen molar-refractivity contribution in [3.05, 3.63) is 108 Å². The molecule has 0 aliphatic carbocycles. The fraction of sp³-hybridized carbons (Fsp3) is 0.391. The molecule has 63 heavy (non-hydrogen) atoms. The molecule has 2 aromatic heterocycles. The van der Waals surface area contributed by atoms with Crippen molar-refractivity contribution >= 4 is 57.2 Å². The first-order valence-electron chi connectivity index (χ1n) is 21.6. The number of hydrogen-bond donors (Lipinski definition) is 11. The van der Waals surface area contributed by atoms with Gasteiger partial charge >= 0.3 is 0 Å². The number of unbranched alkanes of at least 4 members (excludes halogenated alkanes) is 2. The molecule has 13 N–H and O–H groups in total. The van der Waals surface area contributed by atoms with Gasteiger partial charge in [0.25, 0.3) is 0 Å². The highest BCUT2D eigenvalue weighted by atomic mass is 16.3. The minimum atomic E-state index is -1.53. The average molecular weight is 863 g/mol. The zero-order chi connectivity index (χ0) is 44.7. The second-order valence-electron chi connectivity index (χ2n) is 15.9. The molecule has 6 rings (SSSR count). The van der Waals surface area contributed by atoms with Gasteiger partial charge in [0.05, 0.1) is 6.61 Å². The van der Waals surface area contributed by atoms with Crippen LogP contribution in [0.5, 0.6) is 0 Å². The first-order valence-corrected chi connectivity index (χ1v) is 21.6. The Balaban J connectivity index is 1.40. The highest BCUT2D eigenvalue weighted by Crippen LogP contribution is 2.21. The van der Waals surface area contributed by atoms with E-state index in [4.69, 9.17) is 11.5 Å². The number of hydrogen-bond acceptors (Lipinski definition) is 9. The monoisotopic (exact) mass is 862 g/mol. The number of carbonyl (C=O) groups excluding carboxylic acids is 6. The van der Waals surface area contributed by atoms with E-state index in [1.165, 1.54) is 0 Å². The molecule has 3 aromatic carbocycles. The lowest BCUT2D eigenvalue weighted by molar-refractivity contribution is -0.137. The minimum absolute atomic E-state index is 0.00197. The smallest absolute Gasteiger partial charge is 0.245 e. The third-order valence-corrected chi connectivity index (χ3v) is 11.4. The van der Waals surface area contributed by atoms with Gasteiger partial charge in [-0.3, -0.25) is 28.8 Å². The van der Waals surface area contributed by atoms with Crippen molar-refractivity contribution in [2.24, 2.45) is 11.5 Å². The molecule has 3 heterocycles. The first-order chi connectivity index (χ1) is 30.6. The molecule has 1 aliphatic heterocycles. The molecule has 334 valence electrons. The third-order valence-electron chi connectivity index (χ3n) is 11.4. The maximum Gasteiger partial charge on any atom is 0.245 e. The molecule has 0 saturated carbocycles. The molecule has 17 heteroatoms. The van der Waals surface area contributed by atoms with E-state index >= 15 is 0 Å². The molecule has 1 saturated heterocycles. The molecular formula is C46H58N10O7. The Morgan fingerprint density at radius 2 is 0.794 bits per heavy atom. The van der Waals surface area contributed by atoms with E-state index < -0.39 is 78.3 Å². The molecule has 0 spiro atoms. The van der Waals surface area contributed by atoms with Crippen LogP contribution in [0.3, 0.4) is 0 Å². The predicted molar refractivity (Wildman–Crippen MR) is 239 cm³/mol. The normalized spacial score (nSPS) is 22.0. The van der Waals surface area contributed by atoms with E-state index in [1.54, 1.807) is 24.5 Å². The molecule has 0 bridgehead atoms. The van der Waals surface area contributed by atoms with Crippen molar-refractivity contribution in [3.8, 4) is 0 Å². The lowest BCUT2D eigenvalue weighted by atomic mass is 10.00. The molecule has 0 unspecified atom stereocenters. The number of amides is 6. The molecule has 0 radical (unpaired) electrons. The number of nitrogens with two attached hydrogens (primary N) is 2. The number of benzene rings is 3. The van der Waals surface area contributed by atoms with Crippen LogP contribution in [-0.2, 0) is 48.0 Å². The highest BCUT2D eigenvalue weighted by Gasteiger charge is 2.35. The van der Waals surface area contributed by atoms with Crippen molar-refractivity contribution in [1.29, 1.82) is 0 Å². The first kappa shape index (κ1) is 46.0. The van der Waals surface area contributed by atoms with Crippen LogP contribution in [-0.4, -0.2) is 106 Å². The van der Waals surface area contributed by atoms with E-state index in [1.807, 2.05) is 66.7 Å². The van der Waals surface area contributed by atoms with Crippen molar-refractivity contribution < 1.29 is 33.9 Å². The van der Waals surface area contributed by atoms with Crippen LogP contribution in [0, 0.1) is 0 Å². The largest absolute Gasteiger partial charge is 0.394 e. The molecule has 1 fully saturated rings. The van der Waals surface area contributed by atoms with E-state index in [0.29, 0.717) is 49.9 Å². The van der Waals surface area contributed by atoms with Gasteiger partial charge in [0.1, 0.15) is 36.3 Å². The number of aliphatic hydroxyl groups is 1. The number of H-pyrrole nitrogens is 2. The summed E-state index contributed by atoms with van der Waals surface area (Å²) in [6.45, 7) is -0.178. The lowest BCUT2D eigenvalue weighted by Gasteiger charge is -2.29. The summed E-state index contributed by atoms with van der Waals surface area (Å²) >= 11 is 0. The summed E-state index contributed by atoms with van der Waals surface area (Å²) in [5.74, 6) is -4.36. The number of aromatic amines is 2. The fourth-order valence-corrected chi connectivity index (χ4v) is 7.87. The number of aliphatic hydroxyl groups excluding tert-OH is 1. The molecule has 6 atom stereocenters. The van der Waals surface area contributed by atoms with Crippen LogP contribution in [0.1, 0.15) is 55.2 Å². The van der Waals surface area contributed by atoms with Gasteiger partial charge in [-0.25, -0.2) is 0 Å². The Morgan fingerprint density at radius 3 is 1.24 bits per heavy atom. The number of carbonyl (C=O) groups is 6. The van der Waals surface area contributed by atoms with Gasteiger partial charge in [-0.1, -0.05) is 66.7 Å². The number of nitrogens with one attached hydrogen (secondary N) is 8. The Kier molecular flexibility index (Phi) is 16.4. The number of aromatic nitrogens is 2. The maximum atomic E-state index is 14.6. The summed E-state index contributed by atoms with van der Waals surface area (Å²) in [7, 11) is 0. The Hall–Kier alpha value is -6.56. The van der Waals surface area contributed by atoms with Crippen LogP contribution in [0.4, 0.5) is 0 Å². The molecule has 6 amide bonds. The van der Waals surface area contributed by atoms with Gasteiger partial charge in [0.15, 0.2) is 0 Å². The molecule has 1 aliphatic rings. The average Bonchev–Trinajstić information content (AvgIpc) is 3.90. The van der Waals surface area contributed by atoms with Gasteiger partial charge < -0.3 is 58.4 Å². The van der Waals surface area contributed by atoms with E-state index in [9.17, 15) is 33.9 Å². The molecule has 5 aromatic rings. The lowest BCUT2D eigenvalue weighted by Crippen LogP contribution is -2.62. The minimum Gasteiger partial charge on any atom is -0.394 e. The number of rotatable bonds is 15. The Labute approximate surface area is 365 Å². The molecule has 17 nitrogen and oxygen atoms in total. The SMILES string of the molecule is NCCCC[C@@H]1NC(=O)[C@@H](CO)NC(=O)[C@H](Cc2c[nH]c3ccccc23)NC(=O)[C@@H](CCCCN)NC(=O)[C@H](Cc2ccccc2)NC(=O)[C@@H](Cc2c[nH]c3ccccc23)NC1=O. The zero-order valence-electron chi connectivity index (χ0n) is 35.2. The zero-order valence-corrected chi connectivity index (χ0v) is 35.2. The second-order valence-corrected chi connectivity index (χ2v) is 15.9. The van der Waals surface area contributed by atoms with Gasteiger partial charge in [-0.2, -0.15) is 0 Å². The Morgan fingerprint density at radius 1 is 0.429 bits per heavy atom. The summed E-state index contributed by atoms with van der Waals surface area (Å²) < 4.78 is 0. The fourth-order valence-electron chi connectivity index (χ4n) is 7.87. The standard InChI is InChI=1S/C46H58N10O7/c47-20-10-8-18-35-41(58)55-39(24-30-26-50-34-17-7-5-15-32(30)34)45(62)56-40(27-57)46(63)52-36(19-9-11-21-48)42(59)54-38(23-29-25-49-33-16-6-4-14-31(29)33)44(61)53-37(43(60)51-35)22-28-12-2-1-3-13-28/h1-7,12-17,25-26,35-40,49-50,57H,8-11,18-24,27,47-48H2,(H,51,60)(H,52,63)(H,53,61)(H,54,59)(H,55,58)(H,56,62)/t35-,36+,37+,38-,39+,40-/m1/s1. The van der Waals surface area contributed by atoms with Gasteiger partial charge in [0.2, 0.25) is 35.4 Å². The summed E-state index contributed by atoms with van der Waals surface area (Å²) in [6, 6.07) is 16.3.